The minimum absolute atomic E-state index is 0.00420. The minimum Gasteiger partial charge on any atom is -0.481 e. The number of nitrogens with zero attached hydrogens (tertiary/aromatic N) is 3. The number of aromatic nitrogens is 3. The molecule has 0 atom stereocenters. The van der Waals surface area contributed by atoms with Gasteiger partial charge in [0.15, 0.2) is 5.16 Å². The molecule has 6 heteroatoms. The molecule has 0 fully saturated rings. The Morgan fingerprint density at radius 3 is 2.94 bits per heavy atom. The molecule has 0 saturated heterocycles. The van der Waals surface area contributed by atoms with Gasteiger partial charge in [0, 0.05) is 12.4 Å². The summed E-state index contributed by atoms with van der Waals surface area (Å²) in [6, 6.07) is 3.79. The topological polar surface area (TPSA) is 68.0 Å². The third-order valence-corrected chi connectivity index (χ3v) is 3.29. The van der Waals surface area contributed by atoms with Crippen molar-refractivity contribution in [3.8, 4) is 5.69 Å². The van der Waals surface area contributed by atoms with Gasteiger partial charge in [0.1, 0.15) is 0 Å². The number of carboxylic acid groups (broad SMARTS) is 1. The van der Waals surface area contributed by atoms with E-state index in [0.29, 0.717) is 5.16 Å². The van der Waals surface area contributed by atoms with E-state index in [9.17, 15) is 4.79 Å². The summed E-state index contributed by atoms with van der Waals surface area (Å²) in [6.07, 6.45) is 3.61. The first kappa shape index (κ1) is 12.6. The Balaban J connectivity index is 2.38. The standard InChI is InChI=1S/C12H13N3O2S/c1-8-6-15(10-4-3-5-13-9(10)2)12(14-8)18-7-11(16)17/h3-6H,7H2,1-2H3,(H,16,17). The quantitative estimate of drug-likeness (QED) is 0.855. The molecule has 0 unspecified atom stereocenters. The van der Waals surface area contributed by atoms with Gasteiger partial charge in [0.05, 0.1) is 22.8 Å². The van der Waals surface area contributed by atoms with E-state index in [4.69, 9.17) is 5.11 Å². The fourth-order valence-electron chi connectivity index (χ4n) is 1.61. The Bertz CT molecular complexity index is 580. The molecule has 0 spiro atoms. The van der Waals surface area contributed by atoms with Gasteiger partial charge in [0.25, 0.3) is 0 Å². The van der Waals surface area contributed by atoms with Crippen LogP contribution in [-0.4, -0.2) is 31.4 Å². The van der Waals surface area contributed by atoms with Gasteiger partial charge in [0.2, 0.25) is 0 Å². The zero-order chi connectivity index (χ0) is 13.1. The number of hydrogen-bond donors (Lipinski definition) is 1. The zero-order valence-corrected chi connectivity index (χ0v) is 10.9. The molecule has 0 radical (unpaired) electrons. The van der Waals surface area contributed by atoms with Crippen LogP contribution < -0.4 is 0 Å². The molecule has 2 aromatic rings. The van der Waals surface area contributed by atoms with E-state index in [2.05, 4.69) is 9.97 Å². The van der Waals surface area contributed by atoms with Gasteiger partial charge in [-0.25, -0.2) is 4.98 Å². The Morgan fingerprint density at radius 1 is 1.50 bits per heavy atom. The van der Waals surface area contributed by atoms with Crippen LogP contribution in [-0.2, 0) is 4.79 Å². The Hall–Kier alpha value is -1.82. The number of carbonyl (C=O) groups is 1. The van der Waals surface area contributed by atoms with Crippen molar-refractivity contribution < 1.29 is 9.90 Å². The van der Waals surface area contributed by atoms with Crippen LogP contribution in [0.5, 0.6) is 0 Å². The third-order valence-electron chi connectivity index (χ3n) is 2.36. The number of hydrogen-bond acceptors (Lipinski definition) is 4. The summed E-state index contributed by atoms with van der Waals surface area (Å²) in [7, 11) is 0. The molecule has 0 aliphatic carbocycles. The van der Waals surface area contributed by atoms with Crippen LogP contribution in [0.15, 0.2) is 29.7 Å². The average Bonchev–Trinajstić information content (AvgIpc) is 2.68. The lowest BCUT2D eigenvalue weighted by Crippen LogP contribution is -2.02. The van der Waals surface area contributed by atoms with Crippen LogP contribution in [0.4, 0.5) is 0 Å². The van der Waals surface area contributed by atoms with Gasteiger partial charge >= 0.3 is 5.97 Å². The lowest BCUT2D eigenvalue weighted by atomic mass is 10.3. The van der Waals surface area contributed by atoms with E-state index in [-0.39, 0.29) is 5.75 Å². The highest BCUT2D eigenvalue weighted by Gasteiger charge is 2.11. The summed E-state index contributed by atoms with van der Waals surface area (Å²) < 4.78 is 1.88. The first-order valence-electron chi connectivity index (χ1n) is 5.40. The number of rotatable bonds is 4. The molecule has 0 aliphatic rings. The maximum absolute atomic E-state index is 10.6. The molecule has 2 heterocycles. The first-order chi connectivity index (χ1) is 8.58. The lowest BCUT2D eigenvalue weighted by molar-refractivity contribution is -0.133. The molecular formula is C12H13N3O2S. The van der Waals surface area contributed by atoms with E-state index < -0.39 is 5.97 Å². The monoisotopic (exact) mass is 263 g/mol. The predicted molar refractivity (Wildman–Crippen MR) is 69.2 cm³/mol. The second-order valence-electron chi connectivity index (χ2n) is 3.83. The highest BCUT2D eigenvalue weighted by atomic mass is 32.2. The van der Waals surface area contributed by atoms with Crippen molar-refractivity contribution in [2.45, 2.75) is 19.0 Å². The Kier molecular flexibility index (Phi) is 3.66. The van der Waals surface area contributed by atoms with Gasteiger partial charge in [-0.1, -0.05) is 11.8 Å². The van der Waals surface area contributed by atoms with Gasteiger partial charge < -0.3 is 5.11 Å². The number of thioether (sulfide) groups is 1. The van der Waals surface area contributed by atoms with E-state index in [0.717, 1.165) is 17.1 Å². The van der Waals surface area contributed by atoms with Crippen LogP contribution in [0.3, 0.4) is 0 Å². The van der Waals surface area contributed by atoms with Crippen LogP contribution in [0.25, 0.3) is 5.69 Å². The number of aryl methyl sites for hydroxylation is 2. The molecule has 18 heavy (non-hydrogen) atoms. The molecule has 1 N–H and O–H groups in total. The van der Waals surface area contributed by atoms with Crippen LogP contribution in [0, 0.1) is 13.8 Å². The molecule has 0 amide bonds. The summed E-state index contributed by atoms with van der Waals surface area (Å²) in [4.78, 5) is 19.2. The Morgan fingerprint density at radius 2 is 2.28 bits per heavy atom. The molecule has 0 bridgehead atoms. The summed E-state index contributed by atoms with van der Waals surface area (Å²) in [6.45, 7) is 3.79. The molecule has 0 saturated carbocycles. The van der Waals surface area contributed by atoms with E-state index in [1.54, 1.807) is 6.20 Å². The van der Waals surface area contributed by atoms with Crippen LogP contribution in [0.1, 0.15) is 11.4 Å². The van der Waals surface area contributed by atoms with Crippen molar-refractivity contribution in [2.75, 3.05) is 5.75 Å². The summed E-state index contributed by atoms with van der Waals surface area (Å²) >= 11 is 1.20. The van der Waals surface area contributed by atoms with Gasteiger partial charge in [-0.2, -0.15) is 0 Å². The molecule has 2 aromatic heterocycles. The van der Waals surface area contributed by atoms with Crippen molar-refractivity contribution in [3.63, 3.8) is 0 Å². The Labute approximate surface area is 109 Å². The van der Waals surface area contributed by atoms with Crippen molar-refractivity contribution in [3.05, 3.63) is 35.9 Å². The minimum atomic E-state index is -0.852. The summed E-state index contributed by atoms with van der Waals surface area (Å²) in [5.74, 6) is -0.856. The highest BCUT2D eigenvalue weighted by molar-refractivity contribution is 7.99. The largest absolute Gasteiger partial charge is 0.481 e. The normalized spacial score (nSPS) is 10.6. The SMILES string of the molecule is Cc1cn(-c2cccnc2C)c(SCC(=O)O)n1. The van der Waals surface area contributed by atoms with E-state index >= 15 is 0 Å². The van der Waals surface area contributed by atoms with Crippen molar-refractivity contribution >= 4 is 17.7 Å². The second kappa shape index (κ2) is 5.22. The van der Waals surface area contributed by atoms with Crippen LogP contribution in [0.2, 0.25) is 0 Å². The van der Waals surface area contributed by atoms with Crippen LogP contribution >= 0.6 is 11.8 Å². The first-order valence-corrected chi connectivity index (χ1v) is 6.39. The van der Waals surface area contributed by atoms with Gasteiger partial charge in [-0.3, -0.25) is 14.3 Å². The number of carboxylic acids is 1. The maximum Gasteiger partial charge on any atom is 0.313 e. The molecule has 0 aromatic carbocycles. The molecule has 0 aliphatic heterocycles. The van der Waals surface area contributed by atoms with Crippen molar-refractivity contribution in [2.24, 2.45) is 0 Å². The smallest absolute Gasteiger partial charge is 0.313 e. The van der Waals surface area contributed by atoms with Gasteiger partial charge in [-0.05, 0) is 26.0 Å². The van der Waals surface area contributed by atoms with E-state index in [1.165, 1.54) is 11.8 Å². The van der Waals surface area contributed by atoms with Crippen molar-refractivity contribution in [1.82, 2.24) is 14.5 Å². The van der Waals surface area contributed by atoms with Crippen molar-refractivity contribution in [1.29, 1.82) is 0 Å². The fourth-order valence-corrected chi connectivity index (χ4v) is 2.36. The zero-order valence-electron chi connectivity index (χ0n) is 10.1. The molecule has 94 valence electrons. The second-order valence-corrected chi connectivity index (χ2v) is 4.77. The van der Waals surface area contributed by atoms with Gasteiger partial charge in [-0.15, -0.1) is 0 Å². The number of imidazole rings is 1. The average molecular weight is 263 g/mol. The van der Waals surface area contributed by atoms with E-state index in [1.807, 2.05) is 36.7 Å². The molecule has 5 nitrogen and oxygen atoms in total. The highest BCUT2D eigenvalue weighted by Crippen LogP contribution is 2.23. The number of pyridine rings is 1. The lowest BCUT2D eigenvalue weighted by Gasteiger charge is -2.08. The maximum atomic E-state index is 10.6. The molecular weight excluding hydrogens is 250 g/mol. The predicted octanol–water partition coefficient (Wildman–Crippen LogP) is 2.06. The number of aliphatic carboxylic acids is 1. The summed E-state index contributed by atoms with van der Waals surface area (Å²) in [5.41, 5.74) is 2.66. The third kappa shape index (κ3) is 2.70. The summed E-state index contributed by atoms with van der Waals surface area (Å²) in [5, 5.41) is 9.40. The fraction of sp³-hybridized carbons (Fsp3) is 0.250. The molecule has 2 rings (SSSR count).